The first-order chi connectivity index (χ1) is 9.00. The zero-order valence-electron chi connectivity index (χ0n) is 12.1. The number of hydrogen-bond donors (Lipinski definition) is 1. The number of rotatable bonds is 4. The van der Waals surface area contributed by atoms with Crippen LogP contribution in [0.2, 0.25) is 0 Å². The predicted molar refractivity (Wildman–Crippen MR) is 78.0 cm³/mol. The van der Waals surface area contributed by atoms with E-state index in [2.05, 4.69) is 48.0 Å². The van der Waals surface area contributed by atoms with E-state index < -0.39 is 0 Å². The Kier molecular flexibility index (Phi) is 4.10. The maximum atomic E-state index is 4.60. The summed E-state index contributed by atoms with van der Waals surface area (Å²) < 4.78 is 0. The molecule has 0 aliphatic rings. The summed E-state index contributed by atoms with van der Waals surface area (Å²) in [6.07, 6.45) is 4.29. The van der Waals surface area contributed by atoms with E-state index in [0.29, 0.717) is 6.04 Å². The van der Waals surface area contributed by atoms with E-state index >= 15 is 0 Å². The first kappa shape index (κ1) is 13.9. The molecule has 4 heteroatoms. The van der Waals surface area contributed by atoms with Gasteiger partial charge in [0.05, 0.1) is 0 Å². The van der Waals surface area contributed by atoms with Crippen molar-refractivity contribution in [3.8, 4) is 0 Å². The SMILES string of the molecule is CCNC(Cc1ccc2nccnc2n1)C(C)(C)C. The lowest BCUT2D eigenvalue weighted by atomic mass is 9.84. The van der Waals surface area contributed by atoms with Crippen LogP contribution in [0.4, 0.5) is 0 Å². The van der Waals surface area contributed by atoms with Gasteiger partial charge in [-0.3, -0.25) is 4.98 Å². The van der Waals surface area contributed by atoms with Crippen LogP contribution in [-0.4, -0.2) is 27.5 Å². The summed E-state index contributed by atoms with van der Waals surface area (Å²) in [7, 11) is 0. The smallest absolute Gasteiger partial charge is 0.178 e. The number of nitrogens with one attached hydrogen (secondary N) is 1. The maximum absolute atomic E-state index is 4.60. The molecular formula is C15H22N4. The fraction of sp³-hybridized carbons (Fsp3) is 0.533. The molecule has 2 heterocycles. The summed E-state index contributed by atoms with van der Waals surface area (Å²) in [6.45, 7) is 9.86. The lowest BCUT2D eigenvalue weighted by molar-refractivity contribution is 0.268. The normalized spacial score (nSPS) is 13.7. The van der Waals surface area contributed by atoms with Gasteiger partial charge in [-0.15, -0.1) is 0 Å². The second-order valence-electron chi connectivity index (χ2n) is 5.88. The van der Waals surface area contributed by atoms with E-state index in [1.807, 2.05) is 12.1 Å². The van der Waals surface area contributed by atoms with Crippen molar-refractivity contribution in [2.45, 2.75) is 40.2 Å². The molecule has 0 amide bonds. The third kappa shape index (κ3) is 3.47. The maximum Gasteiger partial charge on any atom is 0.178 e. The van der Waals surface area contributed by atoms with Gasteiger partial charge in [0.2, 0.25) is 0 Å². The fourth-order valence-corrected chi connectivity index (χ4v) is 2.15. The Morgan fingerprint density at radius 2 is 1.89 bits per heavy atom. The molecule has 0 aromatic carbocycles. The summed E-state index contributed by atoms with van der Waals surface area (Å²) in [6, 6.07) is 4.45. The minimum atomic E-state index is 0.203. The van der Waals surface area contributed by atoms with Crippen LogP contribution < -0.4 is 5.32 Å². The number of hydrogen-bond acceptors (Lipinski definition) is 4. The average molecular weight is 258 g/mol. The van der Waals surface area contributed by atoms with Crippen LogP contribution in [0.15, 0.2) is 24.5 Å². The highest BCUT2D eigenvalue weighted by molar-refractivity contribution is 5.68. The molecule has 0 saturated heterocycles. The Morgan fingerprint density at radius 3 is 2.58 bits per heavy atom. The van der Waals surface area contributed by atoms with Gasteiger partial charge < -0.3 is 5.32 Å². The second kappa shape index (κ2) is 5.61. The molecule has 0 spiro atoms. The largest absolute Gasteiger partial charge is 0.313 e. The minimum Gasteiger partial charge on any atom is -0.313 e. The van der Waals surface area contributed by atoms with Crippen molar-refractivity contribution < 1.29 is 0 Å². The van der Waals surface area contributed by atoms with Crippen LogP contribution in [0.1, 0.15) is 33.4 Å². The zero-order valence-corrected chi connectivity index (χ0v) is 12.1. The van der Waals surface area contributed by atoms with Crippen molar-refractivity contribution in [3.05, 3.63) is 30.2 Å². The molecule has 2 aromatic rings. The number of aromatic nitrogens is 3. The minimum absolute atomic E-state index is 0.203. The van der Waals surface area contributed by atoms with Crippen molar-refractivity contribution in [1.29, 1.82) is 0 Å². The molecule has 0 aliphatic heterocycles. The molecule has 0 saturated carbocycles. The topological polar surface area (TPSA) is 50.7 Å². The van der Waals surface area contributed by atoms with Crippen LogP contribution in [0, 0.1) is 5.41 Å². The van der Waals surface area contributed by atoms with Gasteiger partial charge in [0.15, 0.2) is 5.65 Å². The van der Waals surface area contributed by atoms with E-state index in [0.717, 1.165) is 29.8 Å². The fourth-order valence-electron chi connectivity index (χ4n) is 2.15. The molecular weight excluding hydrogens is 236 g/mol. The third-order valence-electron chi connectivity index (χ3n) is 3.30. The summed E-state index contributed by atoms with van der Waals surface area (Å²) in [5, 5.41) is 3.54. The van der Waals surface area contributed by atoms with Gasteiger partial charge in [-0.1, -0.05) is 27.7 Å². The van der Waals surface area contributed by atoms with E-state index in [9.17, 15) is 0 Å². The van der Waals surface area contributed by atoms with Crippen molar-refractivity contribution in [3.63, 3.8) is 0 Å². The van der Waals surface area contributed by atoms with Crippen molar-refractivity contribution >= 4 is 11.2 Å². The van der Waals surface area contributed by atoms with Crippen LogP contribution in [0.3, 0.4) is 0 Å². The zero-order chi connectivity index (χ0) is 13.9. The predicted octanol–water partition coefficient (Wildman–Crippen LogP) is 2.59. The third-order valence-corrected chi connectivity index (χ3v) is 3.30. The Hall–Kier alpha value is -1.55. The molecule has 0 fully saturated rings. The highest BCUT2D eigenvalue weighted by atomic mass is 14.9. The number of nitrogens with zero attached hydrogens (tertiary/aromatic N) is 3. The van der Waals surface area contributed by atoms with Crippen LogP contribution in [0.25, 0.3) is 11.2 Å². The molecule has 2 rings (SSSR count). The standard InChI is InChI=1S/C15H22N4/c1-5-16-13(15(2,3)4)10-11-6-7-12-14(19-11)18-9-8-17-12/h6-9,13,16H,5,10H2,1-4H3. The summed E-state index contributed by atoms with van der Waals surface area (Å²) in [5.74, 6) is 0. The first-order valence-electron chi connectivity index (χ1n) is 6.80. The monoisotopic (exact) mass is 258 g/mol. The van der Waals surface area contributed by atoms with Gasteiger partial charge in [-0.05, 0) is 24.1 Å². The van der Waals surface area contributed by atoms with Crippen molar-refractivity contribution in [1.82, 2.24) is 20.3 Å². The van der Waals surface area contributed by atoms with Gasteiger partial charge in [-0.2, -0.15) is 0 Å². The quantitative estimate of drug-likeness (QED) is 0.915. The van der Waals surface area contributed by atoms with E-state index in [4.69, 9.17) is 0 Å². The van der Waals surface area contributed by atoms with Gasteiger partial charge in [0.1, 0.15) is 5.52 Å². The second-order valence-corrected chi connectivity index (χ2v) is 5.88. The first-order valence-corrected chi connectivity index (χ1v) is 6.80. The Morgan fingerprint density at radius 1 is 1.16 bits per heavy atom. The van der Waals surface area contributed by atoms with Gasteiger partial charge in [0.25, 0.3) is 0 Å². The number of fused-ring (bicyclic) bond motifs is 1. The van der Waals surface area contributed by atoms with E-state index in [-0.39, 0.29) is 5.41 Å². The molecule has 0 aliphatic carbocycles. The Bertz CT molecular complexity index is 545. The molecule has 1 N–H and O–H groups in total. The number of likely N-dealkylation sites (N-methyl/N-ethyl adjacent to an activating group) is 1. The lowest BCUT2D eigenvalue weighted by Gasteiger charge is -2.31. The van der Waals surface area contributed by atoms with Crippen LogP contribution >= 0.6 is 0 Å². The van der Waals surface area contributed by atoms with Gasteiger partial charge >= 0.3 is 0 Å². The highest BCUT2D eigenvalue weighted by Gasteiger charge is 2.24. The molecule has 102 valence electrons. The van der Waals surface area contributed by atoms with Crippen molar-refractivity contribution in [2.24, 2.45) is 5.41 Å². The molecule has 0 bridgehead atoms. The Balaban J connectivity index is 2.23. The molecule has 2 aromatic heterocycles. The summed E-state index contributed by atoms with van der Waals surface area (Å²) in [5.41, 5.74) is 2.84. The van der Waals surface area contributed by atoms with Crippen LogP contribution in [-0.2, 0) is 6.42 Å². The molecule has 19 heavy (non-hydrogen) atoms. The molecule has 0 radical (unpaired) electrons. The lowest BCUT2D eigenvalue weighted by Crippen LogP contribution is -2.42. The van der Waals surface area contributed by atoms with E-state index in [1.165, 1.54) is 0 Å². The number of pyridine rings is 1. The van der Waals surface area contributed by atoms with Crippen LogP contribution in [0.5, 0.6) is 0 Å². The molecule has 1 atom stereocenters. The van der Waals surface area contributed by atoms with Gasteiger partial charge in [-0.25, -0.2) is 9.97 Å². The molecule has 1 unspecified atom stereocenters. The van der Waals surface area contributed by atoms with E-state index in [1.54, 1.807) is 12.4 Å². The average Bonchev–Trinajstić information content (AvgIpc) is 2.37. The molecule has 4 nitrogen and oxygen atoms in total. The van der Waals surface area contributed by atoms with Gasteiger partial charge in [0, 0.05) is 30.6 Å². The summed E-state index contributed by atoms with van der Waals surface area (Å²) >= 11 is 0. The highest BCUT2D eigenvalue weighted by Crippen LogP contribution is 2.22. The van der Waals surface area contributed by atoms with Crippen molar-refractivity contribution in [2.75, 3.05) is 6.54 Å². The summed E-state index contributed by atoms with van der Waals surface area (Å²) in [4.78, 5) is 13.1. The Labute approximate surface area is 114 Å².